The van der Waals surface area contributed by atoms with Crippen molar-refractivity contribution >= 4 is 11.7 Å². The first-order valence-electron chi connectivity index (χ1n) is 4.88. The van der Waals surface area contributed by atoms with E-state index in [-0.39, 0.29) is 5.91 Å². The Balaban J connectivity index is 2.05. The maximum atomic E-state index is 11.7. The van der Waals surface area contributed by atoms with Crippen molar-refractivity contribution < 1.29 is 4.79 Å². The van der Waals surface area contributed by atoms with Gasteiger partial charge in [-0.2, -0.15) is 5.10 Å². The van der Waals surface area contributed by atoms with Crippen LogP contribution >= 0.6 is 0 Å². The van der Waals surface area contributed by atoms with E-state index in [1.807, 2.05) is 30.3 Å². The zero-order valence-corrected chi connectivity index (χ0v) is 8.55. The molecule has 2 rings (SSSR count). The molecule has 5 heteroatoms. The molecule has 0 spiro atoms. The van der Waals surface area contributed by atoms with Gasteiger partial charge in [-0.15, -0.1) is 0 Å². The van der Waals surface area contributed by atoms with Gasteiger partial charge in [0.15, 0.2) is 0 Å². The summed E-state index contributed by atoms with van der Waals surface area (Å²) in [6.45, 7) is 0. The SMILES string of the molecule is N[C@@H](C(=O)Nc1ccn[nH]1)c1ccccc1. The summed E-state index contributed by atoms with van der Waals surface area (Å²) in [6, 6.07) is 10.2. The molecule has 0 saturated carbocycles. The van der Waals surface area contributed by atoms with Gasteiger partial charge in [0.25, 0.3) is 0 Å². The van der Waals surface area contributed by atoms with E-state index in [4.69, 9.17) is 5.73 Å². The van der Waals surface area contributed by atoms with E-state index in [1.165, 1.54) is 0 Å². The Morgan fingerprint density at radius 3 is 2.69 bits per heavy atom. The van der Waals surface area contributed by atoms with E-state index < -0.39 is 6.04 Å². The fourth-order valence-electron chi connectivity index (χ4n) is 1.35. The Morgan fingerprint density at radius 2 is 2.06 bits per heavy atom. The van der Waals surface area contributed by atoms with Gasteiger partial charge in [-0.05, 0) is 5.56 Å². The molecule has 1 heterocycles. The topological polar surface area (TPSA) is 83.8 Å². The first-order chi connectivity index (χ1) is 7.77. The highest BCUT2D eigenvalue weighted by Gasteiger charge is 2.15. The van der Waals surface area contributed by atoms with Crippen LogP contribution in [-0.4, -0.2) is 16.1 Å². The molecule has 1 amide bonds. The zero-order valence-electron chi connectivity index (χ0n) is 8.55. The largest absolute Gasteiger partial charge is 0.316 e. The normalized spacial score (nSPS) is 12.1. The van der Waals surface area contributed by atoms with Gasteiger partial charge in [-0.1, -0.05) is 30.3 Å². The van der Waals surface area contributed by atoms with Gasteiger partial charge < -0.3 is 11.1 Å². The molecule has 2 aromatic rings. The van der Waals surface area contributed by atoms with E-state index in [0.717, 1.165) is 5.56 Å². The Kier molecular flexibility index (Phi) is 2.98. The second kappa shape index (κ2) is 4.59. The number of nitrogens with two attached hydrogens (primary N) is 1. The summed E-state index contributed by atoms with van der Waals surface area (Å²) in [5.41, 5.74) is 6.59. The van der Waals surface area contributed by atoms with E-state index in [2.05, 4.69) is 15.5 Å². The Hall–Kier alpha value is -2.14. The summed E-state index contributed by atoms with van der Waals surface area (Å²) >= 11 is 0. The molecule has 0 radical (unpaired) electrons. The van der Waals surface area contributed by atoms with Crippen molar-refractivity contribution in [3.8, 4) is 0 Å². The summed E-state index contributed by atoms with van der Waals surface area (Å²) in [7, 11) is 0. The molecule has 5 nitrogen and oxygen atoms in total. The number of aromatic nitrogens is 2. The zero-order chi connectivity index (χ0) is 11.4. The van der Waals surface area contributed by atoms with E-state index in [9.17, 15) is 4.79 Å². The van der Waals surface area contributed by atoms with Crippen molar-refractivity contribution in [2.45, 2.75) is 6.04 Å². The second-order valence-corrected chi connectivity index (χ2v) is 3.35. The molecule has 1 aromatic carbocycles. The predicted molar refractivity (Wildman–Crippen MR) is 60.6 cm³/mol. The van der Waals surface area contributed by atoms with Crippen molar-refractivity contribution in [2.24, 2.45) is 5.73 Å². The van der Waals surface area contributed by atoms with Gasteiger partial charge in [0.1, 0.15) is 11.9 Å². The molecule has 0 aliphatic carbocycles. The first kappa shape index (κ1) is 10.4. The summed E-state index contributed by atoms with van der Waals surface area (Å²) in [4.78, 5) is 11.7. The predicted octanol–water partition coefficient (Wildman–Crippen LogP) is 1.05. The van der Waals surface area contributed by atoms with Crippen LogP contribution in [0, 0.1) is 0 Å². The van der Waals surface area contributed by atoms with Crippen LogP contribution in [0.1, 0.15) is 11.6 Å². The van der Waals surface area contributed by atoms with Crippen LogP contribution in [0.25, 0.3) is 0 Å². The molecular formula is C11H12N4O. The maximum Gasteiger partial charge on any atom is 0.247 e. The molecule has 0 fully saturated rings. The van der Waals surface area contributed by atoms with Gasteiger partial charge >= 0.3 is 0 Å². The van der Waals surface area contributed by atoms with E-state index in [1.54, 1.807) is 12.3 Å². The lowest BCUT2D eigenvalue weighted by atomic mass is 10.1. The van der Waals surface area contributed by atoms with Crippen LogP contribution in [0.15, 0.2) is 42.6 Å². The lowest BCUT2D eigenvalue weighted by Crippen LogP contribution is -2.27. The average molecular weight is 216 g/mol. The third kappa shape index (κ3) is 2.26. The number of amides is 1. The Labute approximate surface area is 92.7 Å². The van der Waals surface area contributed by atoms with Crippen LogP contribution < -0.4 is 11.1 Å². The number of anilines is 1. The average Bonchev–Trinajstić information content (AvgIpc) is 2.82. The van der Waals surface area contributed by atoms with Gasteiger partial charge in [-0.3, -0.25) is 9.89 Å². The van der Waals surface area contributed by atoms with E-state index in [0.29, 0.717) is 5.82 Å². The number of nitrogens with one attached hydrogen (secondary N) is 2. The molecule has 0 aliphatic rings. The highest BCUT2D eigenvalue weighted by molar-refractivity contribution is 5.94. The van der Waals surface area contributed by atoms with Gasteiger partial charge in [0.2, 0.25) is 5.91 Å². The summed E-state index contributed by atoms with van der Waals surface area (Å²) in [5, 5.41) is 9.00. The molecule has 1 aromatic heterocycles. The van der Waals surface area contributed by atoms with Crippen LogP contribution in [0.3, 0.4) is 0 Å². The summed E-state index contributed by atoms with van der Waals surface area (Å²) in [6.07, 6.45) is 1.56. The number of hydrogen-bond donors (Lipinski definition) is 3. The van der Waals surface area contributed by atoms with Gasteiger partial charge in [0, 0.05) is 6.07 Å². The lowest BCUT2D eigenvalue weighted by Gasteiger charge is -2.10. The fraction of sp³-hybridized carbons (Fsp3) is 0.0909. The van der Waals surface area contributed by atoms with Crippen molar-refractivity contribution in [2.75, 3.05) is 5.32 Å². The monoisotopic (exact) mass is 216 g/mol. The minimum atomic E-state index is -0.676. The minimum absolute atomic E-state index is 0.268. The van der Waals surface area contributed by atoms with Crippen LogP contribution in [0.4, 0.5) is 5.82 Å². The molecule has 4 N–H and O–H groups in total. The minimum Gasteiger partial charge on any atom is -0.316 e. The highest BCUT2D eigenvalue weighted by atomic mass is 16.2. The number of carbonyl (C=O) groups excluding carboxylic acids is 1. The molecule has 0 unspecified atom stereocenters. The number of aromatic amines is 1. The molecule has 1 atom stereocenters. The van der Waals surface area contributed by atoms with E-state index >= 15 is 0 Å². The number of carbonyl (C=O) groups is 1. The molecule has 0 bridgehead atoms. The number of H-pyrrole nitrogens is 1. The second-order valence-electron chi connectivity index (χ2n) is 3.35. The summed E-state index contributed by atoms with van der Waals surface area (Å²) < 4.78 is 0. The quantitative estimate of drug-likeness (QED) is 0.717. The number of nitrogens with zero attached hydrogens (tertiary/aromatic N) is 1. The smallest absolute Gasteiger partial charge is 0.247 e. The molecular weight excluding hydrogens is 204 g/mol. The lowest BCUT2D eigenvalue weighted by molar-refractivity contribution is -0.117. The van der Waals surface area contributed by atoms with Gasteiger partial charge in [0.05, 0.1) is 6.20 Å². The summed E-state index contributed by atoms with van der Waals surface area (Å²) in [5.74, 6) is 0.270. The Bertz CT molecular complexity index is 452. The van der Waals surface area contributed by atoms with Crippen LogP contribution in [0.2, 0.25) is 0 Å². The van der Waals surface area contributed by atoms with Crippen molar-refractivity contribution in [3.63, 3.8) is 0 Å². The standard InChI is InChI=1S/C11H12N4O/c12-10(8-4-2-1-3-5-8)11(16)14-9-6-7-13-15-9/h1-7,10H,12H2,(H2,13,14,15,16)/t10-/m1/s1. The maximum absolute atomic E-state index is 11.7. The Morgan fingerprint density at radius 1 is 1.31 bits per heavy atom. The highest BCUT2D eigenvalue weighted by Crippen LogP contribution is 2.11. The third-order valence-electron chi connectivity index (χ3n) is 2.20. The molecule has 82 valence electrons. The van der Waals surface area contributed by atoms with Crippen molar-refractivity contribution in [1.29, 1.82) is 0 Å². The van der Waals surface area contributed by atoms with Crippen molar-refractivity contribution in [1.82, 2.24) is 10.2 Å². The molecule has 0 aliphatic heterocycles. The number of benzene rings is 1. The van der Waals surface area contributed by atoms with Crippen LogP contribution in [0.5, 0.6) is 0 Å². The van der Waals surface area contributed by atoms with Crippen molar-refractivity contribution in [3.05, 3.63) is 48.2 Å². The molecule has 16 heavy (non-hydrogen) atoms. The third-order valence-corrected chi connectivity index (χ3v) is 2.20. The number of rotatable bonds is 3. The molecule has 0 saturated heterocycles. The fourth-order valence-corrected chi connectivity index (χ4v) is 1.35. The number of hydrogen-bond acceptors (Lipinski definition) is 3. The first-order valence-corrected chi connectivity index (χ1v) is 4.88. The van der Waals surface area contributed by atoms with Crippen LogP contribution in [-0.2, 0) is 4.79 Å². The van der Waals surface area contributed by atoms with Gasteiger partial charge in [-0.25, -0.2) is 0 Å².